The summed E-state index contributed by atoms with van der Waals surface area (Å²) in [6, 6.07) is 4.55. The predicted octanol–water partition coefficient (Wildman–Crippen LogP) is 1.25. The quantitative estimate of drug-likeness (QED) is 0.829. The van der Waals surface area contributed by atoms with Crippen LogP contribution in [-0.2, 0) is 0 Å². The van der Waals surface area contributed by atoms with Gasteiger partial charge in [0.25, 0.3) is 0 Å². The summed E-state index contributed by atoms with van der Waals surface area (Å²) < 4.78 is 0. The van der Waals surface area contributed by atoms with Gasteiger partial charge in [-0.25, -0.2) is 0 Å². The third-order valence-corrected chi connectivity index (χ3v) is 3.81. The Morgan fingerprint density at radius 3 is 2.89 bits per heavy atom. The molecule has 2 heterocycles. The van der Waals surface area contributed by atoms with Crippen LogP contribution in [0.4, 0.5) is 5.69 Å². The third kappa shape index (κ3) is 2.97. The third-order valence-electron chi connectivity index (χ3n) is 3.60. The van der Waals surface area contributed by atoms with Gasteiger partial charge in [0, 0.05) is 19.6 Å². The molecule has 0 saturated carbocycles. The van der Waals surface area contributed by atoms with Gasteiger partial charge in [-0.2, -0.15) is 0 Å². The van der Waals surface area contributed by atoms with Gasteiger partial charge in [-0.3, -0.25) is 4.98 Å². The van der Waals surface area contributed by atoms with Crippen molar-refractivity contribution in [2.24, 2.45) is 5.73 Å². The van der Waals surface area contributed by atoms with Crippen molar-refractivity contribution in [1.82, 2.24) is 9.88 Å². The average molecular weight is 264 g/mol. The van der Waals surface area contributed by atoms with E-state index in [1.165, 1.54) is 19.4 Å². The lowest BCUT2D eigenvalue weighted by molar-refractivity contribution is 0.314. The van der Waals surface area contributed by atoms with E-state index in [2.05, 4.69) is 28.9 Å². The van der Waals surface area contributed by atoms with Crippen LogP contribution in [0, 0.1) is 0 Å². The van der Waals surface area contributed by atoms with Crippen LogP contribution in [-0.4, -0.2) is 48.1 Å². The summed E-state index contributed by atoms with van der Waals surface area (Å²) in [4.78, 5) is 9.28. The van der Waals surface area contributed by atoms with E-state index in [0.29, 0.717) is 16.7 Å². The minimum Gasteiger partial charge on any atom is -0.388 e. The number of nitrogens with two attached hydrogens (primary N) is 1. The highest BCUT2D eigenvalue weighted by Crippen LogP contribution is 2.18. The molecule has 1 aliphatic heterocycles. The van der Waals surface area contributed by atoms with Crippen molar-refractivity contribution in [2.45, 2.75) is 18.9 Å². The second-order valence-electron chi connectivity index (χ2n) is 4.92. The van der Waals surface area contributed by atoms with E-state index in [4.69, 9.17) is 18.0 Å². The highest BCUT2D eigenvalue weighted by Gasteiger charge is 2.22. The number of anilines is 1. The molecule has 0 aromatic carbocycles. The predicted molar refractivity (Wildman–Crippen MR) is 79.0 cm³/mol. The Hall–Kier alpha value is -1.20. The maximum absolute atomic E-state index is 5.54. The summed E-state index contributed by atoms with van der Waals surface area (Å²) in [5.41, 5.74) is 7.33. The van der Waals surface area contributed by atoms with E-state index >= 15 is 0 Å². The molecular formula is C13H20N4S. The molecule has 1 aliphatic rings. The summed E-state index contributed by atoms with van der Waals surface area (Å²) >= 11 is 4.90. The van der Waals surface area contributed by atoms with Gasteiger partial charge in [-0.1, -0.05) is 12.2 Å². The molecule has 0 aliphatic carbocycles. The van der Waals surface area contributed by atoms with Crippen LogP contribution in [0.15, 0.2) is 18.3 Å². The Labute approximate surface area is 114 Å². The maximum atomic E-state index is 5.54. The van der Waals surface area contributed by atoms with Crippen LogP contribution < -0.4 is 10.6 Å². The number of hydrogen-bond acceptors (Lipinski definition) is 4. The van der Waals surface area contributed by atoms with E-state index < -0.39 is 0 Å². The van der Waals surface area contributed by atoms with E-state index in [1.807, 2.05) is 18.3 Å². The zero-order valence-electron chi connectivity index (χ0n) is 11.0. The fourth-order valence-electron chi connectivity index (χ4n) is 2.39. The fourth-order valence-corrected chi connectivity index (χ4v) is 2.51. The molecule has 1 atom stereocenters. The van der Waals surface area contributed by atoms with Crippen molar-refractivity contribution in [3.8, 4) is 0 Å². The first-order valence-corrected chi connectivity index (χ1v) is 6.66. The molecule has 0 bridgehead atoms. The van der Waals surface area contributed by atoms with Crippen molar-refractivity contribution < 1.29 is 0 Å². The molecule has 1 saturated heterocycles. The molecule has 1 aromatic heterocycles. The molecule has 5 heteroatoms. The van der Waals surface area contributed by atoms with Gasteiger partial charge in [-0.15, -0.1) is 0 Å². The zero-order chi connectivity index (χ0) is 13.1. The van der Waals surface area contributed by atoms with Gasteiger partial charge in [0.05, 0.1) is 17.6 Å². The summed E-state index contributed by atoms with van der Waals surface area (Å²) in [5.74, 6) is 0. The lowest BCUT2D eigenvalue weighted by Gasteiger charge is -2.27. The lowest BCUT2D eigenvalue weighted by atomic mass is 10.2. The molecule has 1 aromatic rings. The van der Waals surface area contributed by atoms with Crippen molar-refractivity contribution in [3.63, 3.8) is 0 Å². The Bertz CT molecular complexity index is 418. The first-order valence-electron chi connectivity index (χ1n) is 6.25. The average Bonchev–Trinajstić information content (AvgIpc) is 2.75. The van der Waals surface area contributed by atoms with Gasteiger partial charge in [0.2, 0.25) is 0 Å². The number of likely N-dealkylation sites (N-methyl/N-ethyl adjacent to an activating group) is 2. The number of likely N-dealkylation sites (tertiary alicyclic amines) is 1. The van der Waals surface area contributed by atoms with Crippen LogP contribution >= 0.6 is 12.2 Å². The first kappa shape index (κ1) is 13.2. The Kier molecular flexibility index (Phi) is 4.14. The highest BCUT2D eigenvalue weighted by atomic mass is 32.1. The molecule has 0 amide bonds. The van der Waals surface area contributed by atoms with Gasteiger partial charge in [-0.05, 0) is 38.6 Å². The van der Waals surface area contributed by atoms with Gasteiger partial charge >= 0.3 is 0 Å². The number of pyridine rings is 1. The Balaban J connectivity index is 2.00. The summed E-state index contributed by atoms with van der Waals surface area (Å²) in [5, 5.41) is 0. The normalized spacial score (nSPS) is 20.0. The minimum atomic E-state index is 0.347. The smallest absolute Gasteiger partial charge is 0.122 e. The zero-order valence-corrected chi connectivity index (χ0v) is 11.8. The maximum Gasteiger partial charge on any atom is 0.122 e. The van der Waals surface area contributed by atoms with Crippen LogP contribution in [0.3, 0.4) is 0 Å². The second-order valence-corrected chi connectivity index (χ2v) is 5.36. The van der Waals surface area contributed by atoms with Crippen LogP contribution in [0.25, 0.3) is 0 Å². The molecule has 1 unspecified atom stereocenters. The largest absolute Gasteiger partial charge is 0.388 e. The van der Waals surface area contributed by atoms with Crippen molar-refractivity contribution in [1.29, 1.82) is 0 Å². The molecule has 18 heavy (non-hydrogen) atoms. The SMILES string of the molecule is CN(CC1CCCN1C)c1ccc(C(N)=S)nc1. The van der Waals surface area contributed by atoms with Crippen LogP contribution in [0.2, 0.25) is 0 Å². The number of thiocarbonyl (C=S) groups is 1. The number of rotatable bonds is 4. The molecule has 1 fully saturated rings. The standard InChI is InChI=1S/C13H20N4S/c1-16-7-3-4-11(16)9-17(2)10-5-6-12(13(14)18)15-8-10/h5-6,8,11H,3-4,7,9H2,1-2H3,(H2,14,18). The highest BCUT2D eigenvalue weighted by molar-refractivity contribution is 7.80. The van der Waals surface area contributed by atoms with Gasteiger partial charge in [0.15, 0.2) is 0 Å². The molecule has 0 radical (unpaired) electrons. The number of hydrogen-bond donors (Lipinski definition) is 1. The van der Waals surface area contributed by atoms with Gasteiger partial charge in [0.1, 0.15) is 4.99 Å². The van der Waals surface area contributed by atoms with E-state index in [9.17, 15) is 0 Å². The summed E-state index contributed by atoms with van der Waals surface area (Å²) in [6.07, 6.45) is 4.41. The number of nitrogens with zero attached hydrogens (tertiary/aromatic N) is 3. The molecule has 98 valence electrons. The van der Waals surface area contributed by atoms with Gasteiger partial charge < -0.3 is 15.5 Å². The van der Waals surface area contributed by atoms with Crippen molar-refractivity contribution >= 4 is 22.9 Å². The minimum absolute atomic E-state index is 0.347. The summed E-state index contributed by atoms with van der Waals surface area (Å²) in [7, 11) is 4.29. The monoisotopic (exact) mass is 264 g/mol. The van der Waals surface area contributed by atoms with E-state index in [-0.39, 0.29) is 0 Å². The summed E-state index contributed by atoms with van der Waals surface area (Å²) in [6.45, 7) is 2.24. The molecule has 2 rings (SSSR count). The lowest BCUT2D eigenvalue weighted by Crippen LogP contribution is -2.36. The van der Waals surface area contributed by atoms with Crippen molar-refractivity contribution in [2.75, 3.05) is 32.1 Å². The second kappa shape index (κ2) is 5.63. The number of aromatic nitrogens is 1. The Morgan fingerprint density at radius 2 is 2.39 bits per heavy atom. The van der Waals surface area contributed by atoms with E-state index in [0.717, 1.165) is 12.2 Å². The van der Waals surface area contributed by atoms with Crippen molar-refractivity contribution in [3.05, 3.63) is 24.0 Å². The van der Waals surface area contributed by atoms with E-state index in [1.54, 1.807) is 0 Å². The molecule has 2 N–H and O–H groups in total. The molecule has 0 spiro atoms. The molecular weight excluding hydrogens is 244 g/mol. The topological polar surface area (TPSA) is 45.4 Å². The molecule has 4 nitrogen and oxygen atoms in total. The van der Waals surface area contributed by atoms with Crippen LogP contribution in [0.5, 0.6) is 0 Å². The Morgan fingerprint density at radius 1 is 1.61 bits per heavy atom. The fraction of sp³-hybridized carbons (Fsp3) is 0.538. The van der Waals surface area contributed by atoms with Crippen LogP contribution in [0.1, 0.15) is 18.5 Å². The first-order chi connectivity index (χ1) is 8.58.